The Kier molecular flexibility index (Phi) is 3.62. The number of hydrogen-bond donors (Lipinski definition) is 1. The molecule has 1 amide bonds. The van der Waals surface area contributed by atoms with Crippen LogP contribution in [0, 0.1) is 6.92 Å². The topological polar surface area (TPSA) is 59.3 Å². The first-order chi connectivity index (χ1) is 10.1. The van der Waals surface area contributed by atoms with Crippen molar-refractivity contribution in [1.29, 1.82) is 0 Å². The molecule has 1 N–H and O–H groups in total. The molecule has 2 heterocycles. The fraction of sp³-hybridized carbons (Fsp3) is 0.133. The van der Waals surface area contributed by atoms with Crippen LogP contribution in [0.15, 0.2) is 46.4 Å². The van der Waals surface area contributed by atoms with Crippen molar-refractivity contribution in [3.63, 3.8) is 0 Å². The first-order valence-electron chi connectivity index (χ1n) is 6.47. The van der Waals surface area contributed by atoms with Gasteiger partial charge in [0.2, 0.25) is 0 Å². The number of carbonyl (C=O) groups excluding carboxylic acids is 1. The van der Waals surface area contributed by atoms with Crippen LogP contribution in [0.5, 0.6) is 0 Å². The van der Waals surface area contributed by atoms with Crippen LogP contribution < -0.4 is 5.32 Å². The van der Waals surface area contributed by atoms with Crippen molar-refractivity contribution in [2.24, 2.45) is 12.0 Å². The number of amides is 1. The van der Waals surface area contributed by atoms with Gasteiger partial charge in [-0.25, -0.2) is 4.99 Å². The maximum absolute atomic E-state index is 11.6. The zero-order chi connectivity index (χ0) is 14.8. The molecule has 5 nitrogen and oxygen atoms in total. The lowest BCUT2D eigenvalue weighted by Gasteiger charge is -2.00. The van der Waals surface area contributed by atoms with Gasteiger partial charge in [-0.05, 0) is 36.9 Å². The Hall–Kier alpha value is -2.34. The number of hydrogen-bond acceptors (Lipinski definition) is 4. The predicted molar refractivity (Wildman–Crippen MR) is 85.6 cm³/mol. The molecule has 1 aliphatic heterocycles. The maximum Gasteiger partial charge on any atom is 0.289 e. The number of aliphatic imine (C=N–C) groups is 1. The van der Waals surface area contributed by atoms with E-state index in [2.05, 4.69) is 15.4 Å². The van der Waals surface area contributed by atoms with E-state index in [1.807, 2.05) is 50.4 Å². The summed E-state index contributed by atoms with van der Waals surface area (Å²) in [6, 6.07) is 9.56. The highest BCUT2D eigenvalue weighted by Gasteiger charge is 2.24. The molecule has 0 bridgehead atoms. The summed E-state index contributed by atoms with van der Waals surface area (Å²) in [6.07, 6.45) is 3.72. The van der Waals surface area contributed by atoms with Gasteiger partial charge in [-0.2, -0.15) is 5.10 Å². The zero-order valence-corrected chi connectivity index (χ0v) is 12.5. The molecule has 0 saturated carbocycles. The molecule has 21 heavy (non-hydrogen) atoms. The molecule has 0 aliphatic carbocycles. The number of rotatable bonds is 2. The largest absolute Gasteiger partial charge is 0.300 e. The number of carbonyl (C=O) groups is 1. The van der Waals surface area contributed by atoms with Crippen molar-refractivity contribution in [1.82, 2.24) is 15.1 Å². The van der Waals surface area contributed by atoms with Crippen LogP contribution in [-0.2, 0) is 7.05 Å². The van der Waals surface area contributed by atoms with E-state index in [0.29, 0.717) is 5.84 Å². The van der Waals surface area contributed by atoms with Crippen molar-refractivity contribution >= 4 is 34.6 Å². The van der Waals surface area contributed by atoms with Gasteiger partial charge in [0.25, 0.3) is 5.24 Å². The van der Waals surface area contributed by atoms with Gasteiger partial charge in [-0.15, -0.1) is 0 Å². The summed E-state index contributed by atoms with van der Waals surface area (Å²) in [7, 11) is 1.89. The van der Waals surface area contributed by atoms with Crippen molar-refractivity contribution in [2.75, 3.05) is 0 Å². The minimum Gasteiger partial charge on any atom is -0.300 e. The quantitative estimate of drug-likeness (QED) is 0.925. The summed E-state index contributed by atoms with van der Waals surface area (Å²) < 4.78 is 1.80. The average molecular weight is 298 g/mol. The molecule has 1 saturated heterocycles. The number of aromatic nitrogens is 2. The molecule has 1 aliphatic rings. The molecule has 106 valence electrons. The third kappa shape index (κ3) is 2.90. The summed E-state index contributed by atoms with van der Waals surface area (Å²) in [5, 5.41) is 6.87. The highest BCUT2D eigenvalue weighted by molar-refractivity contribution is 8.18. The smallest absolute Gasteiger partial charge is 0.289 e. The number of nitrogens with zero attached hydrogens (tertiary/aromatic N) is 3. The summed E-state index contributed by atoms with van der Waals surface area (Å²) in [5.41, 5.74) is 2.84. The zero-order valence-electron chi connectivity index (χ0n) is 11.7. The van der Waals surface area contributed by atoms with Gasteiger partial charge in [0.05, 0.1) is 16.8 Å². The third-order valence-corrected chi connectivity index (χ3v) is 4.03. The van der Waals surface area contributed by atoms with Crippen LogP contribution in [-0.4, -0.2) is 20.9 Å². The van der Waals surface area contributed by atoms with Crippen LogP contribution in [0.1, 0.15) is 11.3 Å². The summed E-state index contributed by atoms with van der Waals surface area (Å²) in [5.74, 6) is 0.583. The SMILES string of the molecule is Cc1c(/C=C2\SC(=O)NC2=Nc2ccccc2)cnn1C. The Morgan fingerprint density at radius 2 is 2.10 bits per heavy atom. The van der Waals surface area contributed by atoms with Gasteiger partial charge in [0, 0.05) is 18.3 Å². The fourth-order valence-electron chi connectivity index (χ4n) is 1.94. The van der Waals surface area contributed by atoms with Gasteiger partial charge in [0.1, 0.15) is 5.84 Å². The average Bonchev–Trinajstić information content (AvgIpc) is 2.97. The summed E-state index contributed by atoms with van der Waals surface area (Å²) in [6.45, 7) is 1.99. The fourth-order valence-corrected chi connectivity index (χ4v) is 2.67. The molecule has 0 radical (unpaired) electrons. The lowest BCUT2D eigenvalue weighted by atomic mass is 10.2. The molecule has 3 rings (SSSR count). The second kappa shape index (κ2) is 5.57. The molecule has 1 aromatic carbocycles. The van der Waals surface area contributed by atoms with Gasteiger partial charge in [0.15, 0.2) is 0 Å². The molecular weight excluding hydrogens is 284 g/mol. The monoisotopic (exact) mass is 298 g/mol. The highest BCUT2D eigenvalue weighted by atomic mass is 32.2. The highest BCUT2D eigenvalue weighted by Crippen LogP contribution is 2.28. The Morgan fingerprint density at radius 3 is 2.76 bits per heavy atom. The van der Waals surface area contributed by atoms with Crippen molar-refractivity contribution in [3.05, 3.63) is 52.7 Å². The Balaban J connectivity index is 1.98. The molecule has 0 atom stereocenters. The van der Waals surface area contributed by atoms with Crippen molar-refractivity contribution in [2.45, 2.75) is 6.92 Å². The van der Waals surface area contributed by atoms with E-state index in [9.17, 15) is 4.79 Å². The van der Waals surface area contributed by atoms with Crippen LogP contribution in [0.4, 0.5) is 10.5 Å². The number of aryl methyl sites for hydroxylation is 1. The van der Waals surface area contributed by atoms with Gasteiger partial charge < -0.3 is 5.32 Å². The molecule has 0 spiro atoms. The van der Waals surface area contributed by atoms with E-state index in [1.54, 1.807) is 10.9 Å². The number of thioether (sulfide) groups is 1. The number of nitrogens with one attached hydrogen (secondary N) is 1. The van der Waals surface area contributed by atoms with E-state index in [-0.39, 0.29) is 5.24 Å². The predicted octanol–water partition coefficient (Wildman–Crippen LogP) is 3.26. The molecule has 2 aromatic rings. The van der Waals surface area contributed by atoms with E-state index in [0.717, 1.165) is 33.6 Å². The second-order valence-electron chi connectivity index (χ2n) is 4.63. The lowest BCUT2D eigenvalue weighted by molar-refractivity contribution is 0.265. The number of amidine groups is 1. The van der Waals surface area contributed by atoms with Crippen LogP contribution in [0.25, 0.3) is 6.08 Å². The standard InChI is InChI=1S/C15H14N4OS/c1-10-11(9-16-19(10)2)8-13-14(18-15(20)21-13)17-12-6-4-3-5-7-12/h3-9H,1-2H3,(H,17,18,20)/b13-8-. The summed E-state index contributed by atoms with van der Waals surface area (Å²) in [4.78, 5) is 16.9. The van der Waals surface area contributed by atoms with Crippen LogP contribution >= 0.6 is 11.8 Å². The maximum atomic E-state index is 11.6. The molecule has 1 fully saturated rings. The first-order valence-corrected chi connectivity index (χ1v) is 7.28. The van der Waals surface area contributed by atoms with E-state index in [1.165, 1.54) is 0 Å². The summed E-state index contributed by atoms with van der Waals surface area (Å²) >= 11 is 1.15. The Morgan fingerprint density at radius 1 is 1.33 bits per heavy atom. The van der Waals surface area contributed by atoms with Gasteiger partial charge in [-0.1, -0.05) is 18.2 Å². The molecule has 1 aromatic heterocycles. The normalized spacial score (nSPS) is 18.5. The first kappa shape index (κ1) is 13.6. The molecular formula is C15H14N4OS. The minimum atomic E-state index is -0.113. The van der Waals surface area contributed by atoms with Gasteiger partial charge >= 0.3 is 0 Å². The van der Waals surface area contributed by atoms with Crippen molar-refractivity contribution in [3.8, 4) is 0 Å². The van der Waals surface area contributed by atoms with Gasteiger partial charge in [-0.3, -0.25) is 9.48 Å². The molecule has 0 unspecified atom stereocenters. The number of para-hydroxylation sites is 1. The second-order valence-corrected chi connectivity index (χ2v) is 5.64. The molecule has 6 heteroatoms. The van der Waals surface area contributed by atoms with E-state index in [4.69, 9.17) is 0 Å². The minimum absolute atomic E-state index is 0.113. The Bertz CT molecular complexity index is 746. The van der Waals surface area contributed by atoms with Crippen LogP contribution in [0.2, 0.25) is 0 Å². The number of benzene rings is 1. The lowest BCUT2D eigenvalue weighted by Crippen LogP contribution is -2.18. The van der Waals surface area contributed by atoms with E-state index < -0.39 is 0 Å². The van der Waals surface area contributed by atoms with Crippen LogP contribution in [0.3, 0.4) is 0 Å². The van der Waals surface area contributed by atoms with Crippen molar-refractivity contribution < 1.29 is 4.79 Å². The third-order valence-electron chi connectivity index (χ3n) is 3.21. The Labute approximate surface area is 126 Å². The van der Waals surface area contributed by atoms with E-state index >= 15 is 0 Å².